The molecule has 0 aromatic rings. The van der Waals surface area contributed by atoms with Crippen molar-refractivity contribution >= 4 is 6.08 Å². The van der Waals surface area contributed by atoms with Crippen molar-refractivity contribution in [3.05, 3.63) is 0 Å². The molecule has 1 fully saturated rings. The van der Waals surface area contributed by atoms with Crippen LogP contribution in [0.4, 0.5) is 0 Å². The quantitative estimate of drug-likeness (QED) is 0.572. The number of hydrogen-bond donors (Lipinski definition) is 0. The van der Waals surface area contributed by atoms with Gasteiger partial charge in [0.2, 0.25) is 0 Å². The molecule has 3 nitrogen and oxygen atoms in total. The average molecular weight is 155 g/mol. The minimum absolute atomic E-state index is 0.381. The van der Waals surface area contributed by atoms with Gasteiger partial charge in [-0.3, -0.25) is 0 Å². The molecule has 0 unspecified atom stereocenters. The summed E-state index contributed by atoms with van der Waals surface area (Å²) < 4.78 is 10.6. The van der Waals surface area contributed by atoms with Crippen molar-refractivity contribution in [2.45, 2.75) is 31.8 Å². The van der Waals surface area contributed by atoms with Gasteiger partial charge >= 0.3 is 6.08 Å². The van der Waals surface area contributed by atoms with Gasteiger partial charge in [0.1, 0.15) is 12.7 Å². The lowest BCUT2D eigenvalue weighted by Crippen LogP contribution is -2.14. The maximum absolute atomic E-state index is 5.50. The molecular weight excluding hydrogens is 142 g/mol. The summed E-state index contributed by atoms with van der Waals surface area (Å²) in [5, 5.41) is 0. The Kier molecular flexibility index (Phi) is 1.97. The molecular formula is C8H13NO2. The normalized spacial score (nSPS) is 24.9. The third-order valence-corrected chi connectivity index (χ3v) is 2.13. The van der Waals surface area contributed by atoms with Crippen LogP contribution in [0.15, 0.2) is 4.99 Å². The van der Waals surface area contributed by atoms with Gasteiger partial charge in [-0.05, 0) is 25.7 Å². The Morgan fingerprint density at radius 1 is 1.36 bits per heavy atom. The van der Waals surface area contributed by atoms with Gasteiger partial charge in [0.15, 0.2) is 0 Å². The topological polar surface area (TPSA) is 30.8 Å². The van der Waals surface area contributed by atoms with Crippen molar-refractivity contribution < 1.29 is 9.47 Å². The van der Waals surface area contributed by atoms with Crippen LogP contribution in [0.5, 0.6) is 0 Å². The highest BCUT2D eigenvalue weighted by molar-refractivity contribution is 5.68. The van der Waals surface area contributed by atoms with Crippen LogP contribution in [-0.4, -0.2) is 25.3 Å². The highest BCUT2D eigenvalue weighted by Crippen LogP contribution is 2.21. The van der Waals surface area contributed by atoms with Crippen LogP contribution in [-0.2, 0) is 9.47 Å². The number of ether oxygens (including phenoxy) is 2. The van der Waals surface area contributed by atoms with Crippen LogP contribution < -0.4 is 0 Å². The third kappa shape index (κ3) is 1.64. The molecule has 0 amide bonds. The van der Waals surface area contributed by atoms with Gasteiger partial charge in [-0.2, -0.15) is 0 Å². The second kappa shape index (κ2) is 3.11. The first-order valence-electron chi connectivity index (χ1n) is 4.29. The zero-order chi connectivity index (χ0) is 7.52. The molecule has 1 saturated carbocycles. The molecule has 0 radical (unpaired) electrons. The number of rotatable bonds is 1. The summed E-state index contributed by atoms with van der Waals surface area (Å²) in [7, 11) is 0. The highest BCUT2D eigenvalue weighted by Gasteiger charge is 2.20. The molecule has 2 aliphatic rings. The molecule has 0 aromatic carbocycles. The predicted molar refractivity (Wildman–Crippen MR) is 41.6 cm³/mol. The van der Waals surface area contributed by atoms with E-state index in [9.17, 15) is 0 Å². The van der Waals surface area contributed by atoms with Crippen molar-refractivity contribution in [3.8, 4) is 0 Å². The third-order valence-electron chi connectivity index (χ3n) is 2.13. The van der Waals surface area contributed by atoms with Gasteiger partial charge in [0.25, 0.3) is 0 Å². The Labute approximate surface area is 66.4 Å². The molecule has 0 aromatic heterocycles. The van der Waals surface area contributed by atoms with E-state index in [1.54, 1.807) is 0 Å². The Morgan fingerprint density at radius 3 is 2.82 bits per heavy atom. The van der Waals surface area contributed by atoms with E-state index in [0.29, 0.717) is 18.8 Å². The molecule has 11 heavy (non-hydrogen) atoms. The van der Waals surface area contributed by atoms with Crippen LogP contribution in [0.25, 0.3) is 0 Å². The lowest BCUT2D eigenvalue weighted by atomic mass is 10.3. The van der Waals surface area contributed by atoms with Gasteiger partial charge < -0.3 is 9.47 Å². The summed E-state index contributed by atoms with van der Waals surface area (Å²) in [4.78, 5) is 4.07. The molecule has 1 heterocycles. The molecule has 1 aliphatic heterocycles. The molecule has 0 atom stereocenters. The summed E-state index contributed by atoms with van der Waals surface area (Å²) >= 11 is 0. The van der Waals surface area contributed by atoms with E-state index in [1.807, 2.05) is 0 Å². The summed E-state index contributed by atoms with van der Waals surface area (Å²) in [5.74, 6) is 0. The molecule has 0 N–H and O–H groups in total. The van der Waals surface area contributed by atoms with Gasteiger partial charge in [-0.1, -0.05) is 0 Å². The summed E-state index contributed by atoms with van der Waals surface area (Å²) in [6.07, 6.45) is 5.82. The maximum atomic E-state index is 5.50. The van der Waals surface area contributed by atoms with Crippen LogP contribution in [0, 0.1) is 0 Å². The Bertz CT molecular complexity index is 161. The van der Waals surface area contributed by atoms with Crippen molar-refractivity contribution in [1.29, 1.82) is 0 Å². The largest absolute Gasteiger partial charge is 0.449 e. The van der Waals surface area contributed by atoms with E-state index in [1.165, 1.54) is 25.7 Å². The summed E-state index contributed by atoms with van der Waals surface area (Å²) in [6.45, 7) is 1.46. The van der Waals surface area contributed by atoms with Gasteiger partial charge in [-0.25, -0.2) is 4.99 Å². The SMILES string of the molecule is C1CCC(OC2=NCCO2)C1. The van der Waals surface area contributed by atoms with E-state index in [0.717, 1.165) is 6.54 Å². The fraction of sp³-hybridized carbons (Fsp3) is 0.875. The van der Waals surface area contributed by atoms with E-state index in [4.69, 9.17) is 9.47 Å². The highest BCUT2D eigenvalue weighted by atomic mass is 16.7. The lowest BCUT2D eigenvalue weighted by molar-refractivity contribution is 0.127. The molecule has 1 aliphatic carbocycles. The van der Waals surface area contributed by atoms with Gasteiger partial charge in [-0.15, -0.1) is 0 Å². The average Bonchev–Trinajstić information content (AvgIpc) is 2.60. The van der Waals surface area contributed by atoms with Crippen molar-refractivity contribution in [1.82, 2.24) is 0 Å². The standard InChI is InChI=1S/C8H13NO2/c1-2-4-7(3-1)11-8-9-5-6-10-8/h7H,1-6H2. The number of aliphatic imine (C=N–C) groups is 1. The molecule has 62 valence electrons. The van der Waals surface area contributed by atoms with Crippen LogP contribution >= 0.6 is 0 Å². The Hall–Kier alpha value is -0.730. The predicted octanol–water partition coefficient (Wildman–Crippen LogP) is 1.33. The first-order chi connectivity index (χ1) is 5.45. The van der Waals surface area contributed by atoms with E-state index in [2.05, 4.69) is 4.99 Å². The van der Waals surface area contributed by atoms with E-state index < -0.39 is 0 Å². The Morgan fingerprint density at radius 2 is 2.18 bits per heavy atom. The zero-order valence-corrected chi connectivity index (χ0v) is 6.58. The zero-order valence-electron chi connectivity index (χ0n) is 6.58. The molecule has 0 bridgehead atoms. The smallest absolute Gasteiger partial charge is 0.383 e. The van der Waals surface area contributed by atoms with E-state index >= 15 is 0 Å². The molecule has 0 spiro atoms. The van der Waals surface area contributed by atoms with E-state index in [-0.39, 0.29) is 0 Å². The van der Waals surface area contributed by atoms with Crippen LogP contribution in [0.2, 0.25) is 0 Å². The van der Waals surface area contributed by atoms with Crippen LogP contribution in [0.3, 0.4) is 0 Å². The Balaban J connectivity index is 1.79. The first kappa shape index (κ1) is 6.95. The summed E-state index contributed by atoms with van der Waals surface area (Å²) in [5.41, 5.74) is 0. The van der Waals surface area contributed by atoms with Gasteiger partial charge in [0.05, 0.1) is 6.54 Å². The maximum Gasteiger partial charge on any atom is 0.383 e. The second-order valence-corrected chi connectivity index (χ2v) is 3.02. The second-order valence-electron chi connectivity index (χ2n) is 3.02. The van der Waals surface area contributed by atoms with Gasteiger partial charge in [0, 0.05) is 0 Å². The monoisotopic (exact) mass is 155 g/mol. The molecule has 3 heteroatoms. The fourth-order valence-corrected chi connectivity index (χ4v) is 1.54. The van der Waals surface area contributed by atoms with Crippen molar-refractivity contribution in [2.75, 3.05) is 13.2 Å². The summed E-state index contributed by atoms with van der Waals surface area (Å²) in [6, 6.07) is 0. The van der Waals surface area contributed by atoms with Crippen LogP contribution in [0.1, 0.15) is 25.7 Å². The minimum atomic E-state index is 0.381. The minimum Gasteiger partial charge on any atom is -0.449 e. The number of hydrogen-bond acceptors (Lipinski definition) is 3. The number of nitrogens with zero attached hydrogens (tertiary/aromatic N) is 1. The first-order valence-corrected chi connectivity index (χ1v) is 4.29. The molecule has 0 saturated heterocycles. The lowest BCUT2D eigenvalue weighted by Gasteiger charge is -2.10. The van der Waals surface area contributed by atoms with Crippen molar-refractivity contribution in [2.24, 2.45) is 4.99 Å². The van der Waals surface area contributed by atoms with Crippen molar-refractivity contribution in [3.63, 3.8) is 0 Å². The molecule has 2 rings (SSSR count). The fourth-order valence-electron chi connectivity index (χ4n) is 1.54.